The van der Waals surface area contributed by atoms with Gasteiger partial charge >= 0.3 is 0 Å². The van der Waals surface area contributed by atoms with E-state index in [4.69, 9.17) is 12.2 Å². The quantitative estimate of drug-likeness (QED) is 0.834. The number of hydrogen-bond donors (Lipinski definition) is 2. The molecule has 7 heteroatoms. The maximum atomic E-state index is 12.3. The van der Waals surface area contributed by atoms with Gasteiger partial charge in [0.15, 0.2) is 10.4 Å². The number of aryl methyl sites for hydroxylation is 2. The fourth-order valence-electron chi connectivity index (χ4n) is 2.37. The predicted molar refractivity (Wildman–Crippen MR) is 85.9 cm³/mol. The van der Waals surface area contributed by atoms with Crippen LogP contribution in [0.15, 0.2) is 0 Å². The van der Waals surface area contributed by atoms with E-state index in [2.05, 4.69) is 29.2 Å². The third-order valence-corrected chi connectivity index (χ3v) is 3.83. The molecule has 0 saturated heterocycles. The van der Waals surface area contributed by atoms with Crippen LogP contribution >= 0.6 is 12.2 Å². The molecule has 116 valence electrons. The van der Waals surface area contributed by atoms with E-state index in [9.17, 15) is 4.79 Å². The molecule has 1 unspecified atom stereocenters. The van der Waals surface area contributed by atoms with E-state index in [1.54, 1.807) is 0 Å². The zero-order valence-corrected chi connectivity index (χ0v) is 14.0. The van der Waals surface area contributed by atoms with Crippen LogP contribution in [-0.2, 0) is 11.3 Å². The maximum Gasteiger partial charge on any atom is 0.242 e. The summed E-state index contributed by atoms with van der Waals surface area (Å²) in [6.07, 6.45) is 0. The lowest BCUT2D eigenvalue weighted by molar-refractivity contribution is -0.124. The lowest BCUT2D eigenvalue weighted by atomic mass is 10.2. The number of nitrogens with zero attached hydrogens (tertiary/aromatic N) is 3. The van der Waals surface area contributed by atoms with Crippen LogP contribution in [0.2, 0.25) is 0 Å². The highest BCUT2D eigenvalue weighted by atomic mass is 32.1. The van der Waals surface area contributed by atoms with Gasteiger partial charge in [-0.1, -0.05) is 13.8 Å². The summed E-state index contributed by atoms with van der Waals surface area (Å²) < 4.78 is 4.28. The van der Waals surface area contributed by atoms with Gasteiger partial charge in [0, 0.05) is 13.1 Å². The Morgan fingerprint density at radius 3 is 2.67 bits per heavy atom. The first-order valence-electron chi connectivity index (χ1n) is 7.32. The highest BCUT2D eigenvalue weighted by Crippen LogP contribution is 2.22. The molecular formula is C14H23N5OS. The zero-order chi connectivity index (χ0) is 15.7. The summed E-state index contributed by atoms with van der Waals surface area (Å²) in [4.78, 5) is 15.5. The number of aromatic amines is 1. The summed E-state index contributed by atoms with van der Waals surface area (Å²) in [5.41, 5.74) is 2.68. The molecule has 2 rings (SSSR count). The number of fused-ring (bicyclic) bond motifs is 1. The topological polar surface area (TPSA) is 67.6 Å². The average molecular weight is 309 g/mol. The van der Waals surface area contributed by atoms with Crippen molar-refractivity contribution in [3.8, 4) is 0 Å². The third-order valence-electron chi connectivity index (χ3n) is 3.53. The second-order valence-corrected chi connectivity index (χ2v) is 6.10. The molecule has 1 amide bonds. The van der Waals surface area contributed by atoms with Gasteiger partial charge in [-0.25, -0.2) is 4.68 Å². The maximum absolute atomic E-state index is 12.3. The molecule has 0 aromatic carbocycles. The van der Waals surface area contributed by atoms with Gasteiger partial charge in [0.25, 0.3) is 0 Å². The van der Waals surface area contributed by atoms with Gasteiger partial charge < -0.3 is 10.3 Å². The smallest absolute Gasteiger partial charge is 0.242 e. The van der Waals surface area contributed by atoms with E-state index in [1.165, 1.54) is 0 Å². The lowest BCUT2D eigenvalue weighted by Gasteiger charge is -2.16. The number of rotatable bonds is 5. The standard InChI is InChI=1S/C14H23N5OS/c1-6-18-13-11(9(4)17-18)16-14(21)19(13)10(5)12(20)15-7-8(2)3/h8,10H,6-7H2,1-5H3,(H,15,20)(H,16,21). The second kappa shape index (κ2) is 6.01. The van der Waals surface area contributed by atoms with Gasteiger partial charge in [-0.05, 0) is 38.9 Å². The molecule has 0 aliphatic rings. The molecule has 2 aromatic heterocycles. The minimum atomic E-state index is -0.369. The number of carbonyl (C=O) groups is 1. The molecular weight excluding hydrogens is 286 g/mol. The van der Waals surface area contributed by atoms with Crippen molar-refractivity contribution in [2.75, 3.05) is 6.54 Å². The summed E-state index contributed by atoms with van der Waals surface area (Å²) in [6, 6.07) is -0.369. The summed E-state index contributed by atoms with van der Waals surface area (Å²) >= 11 is 5.39. The Bertz CT molecular complexity index is 709. The molecule has 2 heterocycles. The van der Waals surface area contributed by atoms with Gasteiger partial charge in [-0.2, -0.15) is 5.10 Å². The molecule has 6 nitrogen and oxygen atoms in total. The van der Waals surface area contributed by atoms with Crippen LogP contribution in [-0.4, -0.2) is 31.8 Å². The van der Waals surface area contributed by atoms with Gasteiger partial charge in [0.1, 0.15) is 11.6 Å². The summed E-state index contributed by atoms with van der Waals surface area (Å²) in [5, 5.41) is 7.43. The molecule has 21 heavy (non-hydrogen) atoms. The molecule has 0 fully saturated rings. The number of carbonyl (C=O) groups excluding carboxylic acids is 1. The normalized spacial score (nSPS) is 13.0. The minimum absolute atomic E-state index is 0.0257. The Hall–Kier alpha value is -1.63. The Morgan fingerprint density at radius 2 is 2.10 bits per heavy atom. The van der Waals surface area contributed by atoms with Crippen LogP contribution in [0.25, 0.3) is 11.2 Å². The molecule has 2 aromatic rings. The SMILES string of the molecule is CCn1nc(C)c2[nH]c(=S)n(C(C)C(=O)NCC(C)C)c21. The third kappa shape index (κ3) is 2.88. The number of H-pyrrole nitrogens is 1. The van der Waals surface area contributed by atoms with Crippen molar-refractivity contribution in [1.82, 2.24) is 24.6 Å². The van der Waals surface area contributed by atoms with Gasteiger partial charge in [-0.15, -0.1) is 0 Å². The lowest BCUT2D eigenvalue weighted by Crippen LogP contribution is -2.33. The van der Waals surface area contributed by atoms with Crippen LogP contribution in [0.5, 0.6) is 0 Å². The molecule has 0 aliphatic heterocycles. The largest absolute Gasteiger partial charge is 0.354 e. The number of hydrogen-bond acceptors (Lipinski definition) is 3. The Kier molecular flexibility index (Phi) is 4.51. The van der Waals surface area contributed by atoms with Gasteiger partial charge in [-0.3, -0.25) is 9.36 Å². The second-order valence-electron chi connectivity index (χ2n) is 5.71. The molecule has 0 radical (unpaired) electrons. The van der Waals surface area contributed by atoms with E-state index < -0.39 is 0 Å². The molecule has 1 atom stereocenters. The van der Waals surface area contributed by atoms with E-state index in [1.807, 2.05) is 30.0 Å². The van der Waals surface area contributed by atoms with Crippen molar-refractivity contribution in [3.05, 3.63) is 10.5 Å². The van der Waals surface area contributed by atoms with Crippen molar-refractivity contribution >= 4 is 29.3 Å². The van der Waals surface area contributed by atoms with E-state index >= 15 is 0 Å². The van der Waals surface area contributed by atoms with Crippen molar-refractivity contribution < 1.29 is 4.79 Å². The zero-order valence-electron chi connectivity index (χ0n) is 13.2. The average Bonchev–Trinajstić information content (AvgIpc) is 2.92. The highest BCUT2D eigenvalue weighted by molar-refractivity contribution is 7.71. The summed E-state index contributed by atoms with van der Waals surface area (Å²) in [7, 11) is 0. The van der Waals surface area contributed by atoms with Crippen molar-refractivity contribution in [2.45, 2.75) is 47.2 Å². The van der Waals surface area contributed by atoms with E-state index in [-0.39, 0.29) is 11.9 Å². The van der Waals surface area contributed by atoms with Crippen LogP contribution in [0.1, 0.15) is 39.4 Å². The summed E-state index contributed by atoms with van der Waals surface area (Å²) in [6.45, 7) is 11.4. The summed E-state index contributed by atoms with van der Waals surface area (Å²) in [5.74, 6) is 0.394. The van der Waals surface area contributed by atoms with Crippen molar-refractivity contribution in [3.63, 3.8) is 0 Å². The van der Waals surface area contributed by atoms with Crippen LogP contribution < -0.4 is 5.32 Å². The Morgan fingerprint density at radius 1 is 1.43 bits per heavy atom. The first kappa shape index (κ1) is 15.8. The fourth-order valence-corrected chi connectivity index (χ4v) is 2.72. The Labute approximate surface area is 129 Å². The Balaban J connectivity index is 2.43. The molecule has 0 spiro atoms. The predicted octanol–water partition coefficient (Wildman–Crippen LogP) is 2.56. The first-order valence-corrected chi connectivity index (χ1v) is 7.72. The molecule has 0 aliphatic carbocycles. The monoisotopic (exact) mass is 309 g/mol. The molecule has 2 N–H and O–H groups in total. The highest BCUT2D eigenvalue weighted by Gasteiger charge is 2.22. The van der Waals surface area contributed by atoms with Crippen molar-refractivity contribution in [2.24, 2.45) is 5.92 Å². The van der Waals surface area contributed by atoms with Gasteiger partial charge in [0.2, 0.25) is 5.91 Å². The van der Waals surface area contributed by atoms with Crippen LogP contribution in [0.3, 0.4) is 0 Å². The first-order chi connectivity index (χ1) is 9.86. The minimum Gasteiger partial charge on any atom is -0.354 e. The molecule has 0 saturated carbocycles. The van der Waals surface area contributed by atoms with E-state index in [0.717, 1.165) is 23.4 Å². The van der Waals surface area contributed by atoms with Gasteiger partial charge in [0.05, 0.1) is 5.69 Å². The van der Waals surface area contributed by atoms with Crippen LogP contribution in [0.4, 0.5) is 0 Å². The number of aromatic nitrogens is 4. The van der Waals surface area contributed by atoms with Crippen molar-refractivity contribution in [1.29, 1.82) is 0 Å². The van der Waals surface area contributed by atoms with E-state index in [0.29, 0.717) is 17.2 Å². The number of imidazole rings is 1. The number of amides is 1. The number of nitrogens with one attached hydrogen (secondary N) is 2. The molecule has 0 bridgehead atoms. The fraction of sp³-hybridized carbons (Fsp3) is 0.643. The van der Waals surface area contributed by atoms with Crippen LogP contribution in [0, 0.1) is 17.6 Å².